The molecule has 0 spiro atoms. The lowest BCUT2D eigenvalue weighted by Crippen LogP contribution is -2.40. The van der Waals surface area contributed by atoms with E-state index in [4.69, 9.17) is 0 Å². The van der Waals surface area contributed by atoms with E-state index < -0.39 is 5.60 Å². The summed E-state index contributed by atoms with van der Waals surface area (Å²) in [6.07, 6.45) is 6.65. The molecule has 3 rings (SSSR count). The normalized spacial score (nSPS) is 18.5. The van der Waals surface area contributed by atoms with Crippen molar-refractivity contribution in [1.82, 2.24) is 10.3 Å². The van der Waals surface area contributed by atoms with Crippen molar-refractivity contribution in [1.29, 1.82) is 0 Å². The minimum atomic E-state index is -0.520. The molecule has 0 bridgehead atoms. The van der Waals surface area contributed by atoms with Crippen molar-refractivity contribution in [3.05, 3.63) is 42.1 Å². The van der Waals surface area contributed by atoms with Crippen LogP contribution in [0.4, 0.5) is 0 Å². The highest BCUT2D eigenvalue weighted by molar-refractivity contribution is 5.78. The summed E-state index contributed by atoms with van der Waals surface area (Å²) in [7, 11) is 0. The third-order valence-electron chi connectivity index (χ3n) is 4.45. The second kappa shape index (κ2) is 6.54. The minimum Gasteiger partial charge on any atom is -0.389 e. The van der Waals surface area contributed by atoms with Crippen LogP contribution in [-0.2, 0) is 6.54 Å². The first-order valence-corrected chi connectivity index (χ1v) is 8.03. The van der Waals surface area contributed by atoms with Gasteiger partial charge < -0.3 is 10.4 Å². The Balaban J connectivity index is 1.58. The van der Waals surface area contributed by atoms with Gasteiger partial charge in [0.25, 0.3) is 0 Å². The van der Waals surface area contributed by atoms with Crippen molar-refractivity contribution < 1.29 is 5.11 Å². The van der Waals surface area contributed by atoms with Crippen LogP contribution in [0.2, 0.25) is 0 Å². The summed E-state index contributed by atoms with van der Waals surface area (Å²) in [5.41, 5.74) is 1.55. The van der Waals surface area contributed by atoms with Gasteiger partial charge in [-0.2, -0.15) is 0 Å². The number of hydrogen-bond donors (Lipinski definition) is 2. The summed E-state index contributed by atoms with van der Waals surface area (Å²) in [6.45, 7) is 1.38. The van der Waals surface area contributed by atoms with Gasteiger partial charge in [-0.1, -0.05) is 49.9 Å². The Morgan fingerprint density at radius 3 is 2.57 bits per heavy atom. The maximum atomic E-state index is 10.6. The number of nitrogens with one attached hydrogen (secondary N) is 1. The number of para-hydroxylation sites is 1. The molecule has 1 heterocycles. The number of fused-ring (bicyclic) bond motifs is 1. The van der Waals surface area contributed by atoms with Crippen LogP contribution < -0.4 is 5.32 Å². The monoisotopic (exact) mass is 284 g/mol. The zero-order valence-electron chi connectivity index (χ0n) is 12.5. The second-order valence-corrected chi connectivity index (χ2v) is 6.24. The number of aliphatic hydroxyl groups is 1. The van der Waals surface area contributed by atoms with E-state index in [1.165, 1.54) is 18.2 Å². The molecule has 2 aromatic rings. The Labute approximate surface area is 126 Å². The van der Waals surface area contributed by atoms with Gasteiger partial charge in [-0.15, -0.1) is 0 Å². The number of hydrogen-bond acceptors (Lipinski definition) is 3. The molecular formula is C18H24N2O. The van der Waals surface area contributed by atoms with E-state index in [9.17, 15) is 5.11 Å². The lowest BCUT2D eigenvalue weighted by molar-refractivity contribution is 0.0250. The third kappa shape index (κ3) is 3.80. The molecule has 0 unspecified atom stereocenters. The molecule has 1 aliphatic rings. The van der Waals surface area contributed by atoms with E-state index in [0.717, 1.165) is 36.9 Å². The predicted molar refractivity (Wildman–Crippen MR) is 86.1 cm³/mol. The van der Waals surface area contributed by atoms with Crippen molar-refractivity contribution >= 4 is 10.9 Å². The van der Waals surface area contributed by atoms with Crippen LogP contribution in [-0.4, -0.2) is 22.2 Å². The Kier molecular flexibility index (Phi) is 4.51. The van der Waals surface area contributed by atoms with Gasteiger partial charge >= 0.3 is 0 Å². The molecule has 1 aromatic carbocycles. The first kappa shape index (κ1) is 14.5. The molecule has 1 fully saturated rings. The fourth-order valence-corrected chi connectivity index (χ4v) is 3.19. The largest absolute Gasteiger partial charge is 0.389 e. The van der Waals surface area contributed by atoms with E-state index in [1.54, 1.807) is 0 Å². The molecule has 0 radical (unpaired) electrons. The van der Waals surface area contributed by atoms with Gasteiger partial charge in [0.2, 0.25) is 0 Å². The number of rotatable bonds is 4. The highest BCUT2D eigenvalue weighted by Gasteiger charge is 2.27. The lowest BCUT2D eigenvalue weighted by Gasteiger charge is -2.26. The van der Waals surface area contributed by atoms with Crippen LogP contribution in [0.5, 0.6) is 0 Å². The fraction of sp³-hybridized carbons (Fsp3) is 0.500. The first-order valence-electron chi connectivity index (χ1n) is 8.03. The minimum absolute atomic E-state index is 0.520. The Bertz CT molecular complexity index is 589. The summed E-state index contributed by atoms with van der Waals surface area (Å²) in [5.74, 6) is 0. The summed E-state index contributed by atoms with van der Waals surface area (Å²) in [4.78, 5) is 4.65. The quantitative estimate of drug-likeness (QED) is 0.846. The topological polar surface area (TPSA) is 45.1 Å². The van der Waals surface area contributed by atoms with Gasteiger partial charge in [0.05, 0.1) is 16.8 Å². The maximum absolute atomic E-state index is 10.6. The van der Waals surface area contributed by atoms with Crippen LogP contribution >= 0.6 is 0 Å². The zero-order chi connectivity index (χ0) is 14.5. The first-order chi connectivity index (χ1) is 10.3. The van der Waals surface area contributed by atoms with Crippen LogP contribution in [0.15, 0.2) is 36.4 Å². The molecule has 0 aliphatic heterocycles. The van der Waals surface area contributed by atoms with Gasteiger partial charge in [-0.05, 0) is 25.0 Å². The van der Waals surface area contributed by atoms with E-state index in [-0.39, 0.29) is 0 Å². The summed E-state index contributed by atoms with van der Waals surface area (Å²) in [5, 5.41) is 15.2. The summed E-state index contributed by atoms with van der Waals surface area (Å²) >= 11 is 0. The summed E-state index contributed by atoms with van der Waals surface area (Å²) in [6, 6.07) is 12.3. The number of nitrogens with zero attached hydrogens (tertiary/aromatic N) is 1. The predicted octanol–water partition coefficient (Wildman–Crippen LogP) is 3.41. The Hall–Kier alpha value is -1.45. The SMILES string of the molecule is OC1(CNCc2ccc3ccccc3n2)CCCCCC1. The summed E-state index contributed by atoms with van der Waals surface area (Å²) < 4.78 is 0. The van der Waals surface area contributed by atoms with Crippen LogP contribution in [0.25, 0.3) is 10.9 Å². The van der Waals surface area contributed by atoms with Crippen molar-refractivity contribution in [2.45, 2.75) is 50.7 Å². The van der Waals surface area contributed by atoms with Crippen molar-refractivity contribution in [2.24, 2.45) is 0 Å². The van der Waals surface area contributed by atoms with E-state index in [2.05, 4.69) is 28.5 Å². The number of benzene rings is 1. The van der Waals surface area contributed by atoms with Gasteiger partial charge in [-0.25, -0.2) is 0 Å². The number of pyridine rings is 1. The Morgan fingerprint density at radius 2 is 1.76 bits per heavy atom. The van der Waals surface area contributed by atoms with Gasteiger partial charge in [-0.3, -0.25) is 4.98 Å². The smallest absolute Gasteiger partial charge is 0.0771 e. The second-order valence-electron chi connectivity index (χ2n) is 6.24. The average molecular weight is 284 g/mol. The molecule has 2 N–H and O–H groups in total. The molecule has 0 amide bonds. The van der Waals surface area contributed by atoms with Gasteiger partial charge in [0.15, 0.2) is 0 Å². The standard InChI is InChI=1S/C18H24N2O/c21-18(11-5-1-2-6-12-18)14-19-13-16-10-9-15-7-3-4-8-17(15)20-16/h3-4,7-10,19,21H,1-2,5-6,11-14H2. The molecule has 21 heavy (non-hydrogen) atoms. The van der Waals surface area contributed by atoms with E-state index in [0.29, 0.717) is 13.1 Å². The molecule has 112 valence electrons. The Morgan fingerprint density at radius 1 is 1.00 bits per heavy atom. The molecule has 0 atom stereocenters. The van der Waals surface area contributed by atoms with Gasteiger partial charge in [0.1, 0.15) is 0 Å². The lowest BCUT2D eigenvalue weighted by atomic mass is 9.94. The van der Waals surface area contributed by atoms with E-state index >= 15 is 0 Å². The van der Waals surface area contributed by atoms with Crippen LogP contribution in [0.3, 0.4) is 0 Å². The number of aromatic nitrogens is 1. The van der Waals surface area contributed by atoms with Crippen LogP contribution in [0, 0.1) is 0 Å². The highest BCUT2D eigenvalue weighted by Crippen LogP contribution is 2.26. The molecule has 0 saturated heterocycles. The van der Waals surface area contributed by atoms with Crippen molar-refractivity contribution in [3.8, 4) is 0 Å². The van der Waals surface area contributed by atoms with Crippen LogP contribution in [0.1, 0.15) is 44.2 Å². The average Bonchev–Trinajstić information content (AvgIpc) is 2.72. The molecule has 1 aliphatic carbocycles. The maximum Gasteiger partial charge on any atom is 0.0771 e. The molecule has 3 heteroatoms. The van der Waals surface area contributed by atoms with Crippen molar-refractivity contribution in [2.75, 3.05) is 6.54 Å². The van der Waals surface area contributed by atoms with Crippen molar-refractivity contribution in [3.63, 3.8) is 0 Å². The zero-order valence-corrected chi connectivity index (χ0v) is 12.5. The molecular weight excluding hydrogens is 260 g/mol. The third-order valence-corrected chi connectivity index (χ3v) is 4.45. The highest BCUT2D eigenvalue weighted by atomic mass is 16.3. The molecule has 3 nitrogen and oxygen atoms in total. The fourth-order valence-electron chi connectivity index (χ4n) is 3.19. The molecule has 1 saturated carbocycles. The van der Waals surface area contributed by atoms with E-state index in [1.807, 2.05) is 18.2 Å². The van der Waals surface area contributed by atoms with Gasteiger partial charge in [0, 0.05) is 18.5 Å². The molecule has 1 aromatic heterocycles.